The summed E-state index contributed by atoms with van der Waals surface area (Å²) in [7, 11) is 1.85. The Morgan fingerprint density at radius 2 is 2.19 bits per heavy atom. The van der Waals surface area contributed by atoms with E-state index >= 15 is 0 Å². The van der Waals surface area contributed by atoms with E-state index in [4.69, 9.17) is 0 Å². The van der Waals surface area contributed by atoms with Gasteiger partial charge < -0.3 is 15.6 Å². The fraction of sp³-hybridized carbons (Fsp3) is 0.353. The minimum atomic E-state index is -0.232. The molecule has 7 nitrogen and oxygen atoms in total. The van der Waals surface area contributed by atoms with Crippen LogP contribution in [0.2, 0.25) is 0 Å². The third-order valence-electron chi connectivity index (χ3n) is 3.94. The van der Waals surface area contributed by atoms with E-state index in [2.05, 4.69) is 30.7 Å². The first-order valence-electron chi connectivity index (χ1n) is 8.28. The van der Waals surface area contributed by atoms with Crippen molar-refractivity contribution < 1.29 is 4.39 Å². The lowest BCUT2D eigenvalue weighted by Gasteiger charge is -2.11. The van der Waals surface area contributed by atoms with Gasteiger partial charge >= 0.3 is 0 Å². The molecule has 26 heavy (non-hydrogen) atoms. The maximum absolute atomic E-state index is 13.3. The molecule has 3 N–H and O–H groups in total. The predicted octanol–water partition coefficient (Wildman–Crippen LogP) is 2.35. The number of H-pyrrole nitrogens is 1. The van der Waals surface area contributed by atoms with Crippen molar-refractivity contribution in [3.63, 3.8) is 0 Å². The van der Waals surface area contributed by atoms with Crippen LogP contribution in [0, 0.1) is 5.82 Å². The average Bonchev–Trinajstić information content (AvgIpc) is 3.18. The smallest absolute Gasteiger partial charge is 0.191 e. The fourth-order valence-corrected chi connectivity index (χ4v) is 2.64. The van der Waals surface area contributed by atoms with Crippen LogP contribution in [0.25, 0.3) is 10.9 Å². The number of aliphatic imine (C=N–C) groups is 1. The van der Waals surface area contributed by atoms with Crippen LogP contribution in [-0.2, 0) is 20.0 Å². The molecular weight excluding hydrogens is 448 g/mol. The Morgan fingerprint density at radius 1 is 1.35 bits per heavy atom. The zero-order valence-corrected chi connectivity index (χ0v) is 17.1. The van der Waals surface area contributed by atoms with Gasteiger partial charge in [0, 0.05) is 37.2 Å². The molecule has 0 saturated carbocycles. The van der Waals surface area contributed by atoms with Crippen LogP contribution >= 0.6 is 24.0 Å². The monoisotopic (exact) mass is 471 g/mol. The minimum absolute atomic E-state index is 0. The molecule has 0 saturated heterocycles. The van der Waals surface area contributed by atoms with Crippen molar-refractivity contribution in [2.24, 2.45) is 12.0 Å². The summed E-state index contributed by atoms with van der Waals surface area (Å²) in [5, 5.41) is 11.6. The van der Waals surface area contributed by atoms with Crippen molar-refractivity contribution in [2.75, 3.05) is 13.1 Å². The van der Waals surface area contributed by atoms with Crippen molar-refractivity contribution >= 4 is 40.8 Å². The van der Waals surface area contributed by atoms with Crippen LogP contribution in [0.4, 0.5) is 4.39 Å². The molecule has 0 amide bonds. The van der Waals surface area contributed by atoms with Crippen LogP contribution in [0.3, 0.4) is 0 Å². The van der Waals surface area contributed by atoms with Gasteiger partial charge in [0.2, 0.25) is 0 Å². The summed E-state index contributed by atoms with van der Waals surface area (Å²) in [4.78, 5) is 11.8. The van der Waals surface area contributed by atoms with Crippen molar-refractivity contribution in [1.82, 2.24) is 30.4 Å². The molecular formula is C17H23FIN7. The standard InChI is InChI=1S/C17H22FN7.HI/c1-3-19-17(22-10-16-23-11-24-25(16)2)20-7-6-12-9-21-15-8-13(18)4-5-14(12)15;/h4-5,8-9,11,21H,3,6-7,10H2,1-2H3,(H2,19,20,22);1H. The first-order chi connectivity index (χ1) is 12.2. The largest absolute Gasteiger partial charge is 0.361 e. The highest BCUT2D eigenvalue weighted by molar-refractivity contribution is 14.0. The van der Waals surface area contributed by atoms with E-state index in [-0.39, 0.29) is 29.8 Å². The first kappa shape index (κ1) is 20.1. The van der Waals surface area contributed by atoms with Crippen molar-refractivity contribution in [3.05, 3.63) is 47.9 Å². The lowest BCUT2D eigenvalue weighted by molar-refractivity contribution is 0.629. The number of guanidine groups is 1. The van der Waals surface area contributed by atoms with E-state index in [1.807, 2.05) is 26.2 Å². The number of benzene rings is 1. The van der Waals surface area contributed by atoms with Crippen LogP contribution in [0.5, 0.6) is 0 Å². The van der Waals surface area contributed by atoms with Gasteiger partial charge in [0.05, 0.1) is 0 Å². The number of nitrogens with one attached hydrogen (secondary N) is 3. The summed E-state index contributed by atoms with van der Waals surface area (Å²) in [6.45, 7) is 3.97. The topological polar surface area (TPSA) is 82.9 Å². The van der Waals surface area contributed by atoms with E-state index in [1.165, 1.54) is 18.5 Å². The molecule has 0 aliphatic heterocycles. The molecule has 9 heteroatoms. The van der Waals surface area contributed by atoms with Crippen LogP contribution in [-0.4, -0.2) is 38.8 Å². The van der Waals surface area contributed by atoms with Crippen LogP contribution in [0.15, 0.2) is 35.7 Å². The van der Waals surface area contributed by atoms with Crippen LogP contribution in [0.1, 0.15) is 18.3 Å². The summed E-state index contributed by atoms with van der Waals surface area (Å²) in [5.41, 5.74) is 1.96. The van der Waals surface area contributed by atoms with Crippen molar-refractivity contribution in [3.8, 4) is 0 Å². The van der Waals surface area contributed by atoms with Crippen molar-refractivity contribution in [1.29, 1.82) is 0 Å². The zero-order valence-electron chi connectivity index (χ0n) is 14.8. The van der Waals surface area contributed by atoms with E-state index in [0.717, 1.165) is 47.8 Å². The van der Waals surface area contributed by atoms with Gasteiger partial charge in [0.25, 0.3) is 0 Å². The van der Waals surface area contributed by atoms with Gasteiger partial charge in [-0.3, -0.25) is 4.68 Å². The third kappa shape index (κ3) is 4.93. The summed E-state index contributed by atoms with van der Waals surface area (Å²) in [6.07, 6.45) is 4.25. The minimum Gasteiger partial charge on any atom is -0.361 e. The molecule has 0 atom stereocenters. The number of hydrogen-bond donors (Lipinski definition) is 3. The molecule has 0 spiro atoms. The van der Waals surface area contributed by atoms with Gasteiger partial charge in [-0.25, -0.2) is 14.4 Å². The van der Waals surface area contributed by atoms with Gasteiger partial charge in [-0.05, 0) is 37.1 Å². The van der Waals surface area contributed by atoms with E-state index in [0.29, 0.717) is 6.54 Å². The van der Waals surface area contributed by atoms with Crippen molar-refractivity contribution in [2.45, 2.75) is 19.9 Å². The van der Waals surface area contributed by atoms with Gasteiger partial charge in [0.15, 0.2) is 5.96 Å². The zero-order chi connectivity index (χ0) is 17.6. The lowest BCUT2D eigenvalue weighted by Crippen LogP contribution is -2.38. The van der Waals surface area contributed by atoms with Gasteiger partial charge in [-0.1, -0.05) is 0 Å². The Hall–Kier alpha value is -2.17. The summed E-state index contributed by atoms with van der Waals surface area (Å²) in [5.74, 6) is 1.30. The molecule has 0 radical (unpaired) electrons. The Balaban J connectivity index is 0.00000243. The van der Waals surface area contributed by atoms with Gasteiger partial charge in [-0.2, -0.15) is 5.10 Å². The average molecular weight is 471 g/mol. The number of aromatic amines is 1. The molecule has 3 rings (SSSR count). The lowest BCUT2D eigenvalue weighted by atomic mass is 10.1. The number of rotatable bonds is 6. The highest BCUT2D eigenvalue weighted by Gasteiger charge is 2.06. The second-order valence-electron chi connectivity index (χ2n) is 5.68. The molecule has 2 heterocycles. The number of halogens is 2. The fourth-order valence-electron chi connectivity index (χ4n) is 2.64. The Bertz CT molecular complexity index is 871. The first-order valence-corrected chi connectivity index (χ1v) is 8.28. The Labute approximate surface area is 168 Å². The molecule has 3 aromatic rings. The molecule has 0 aliphatic rings. The number of aromatic nitrogens is 4. The second kappa shape index (κ2) is 9.51. The second-order valence-corrected chi connectivity index (χ2v) is 5.68. The Morgan fingerprint density at radius 3 is 2.92 bits per heavy atom. The molecule has 1 aromatic carbocycles. The molecule has 0 fully saturated rings. The summed E-state index contributed by atoms with van der Waals surface area (Å²) >= 11 is 0. The van der Waals surface area contributed by atoms with Crippen LogP contribution < -0.4 is 10.6 Å². The molecule has 0 unspecified atom stereocenters. The summed E-state index contributed by atoms with van der Waals surface area (Å²) < 4.78 is 15.0. The number of nitrogens with zero attached hydrogens (tertiary/aromatic N) is 4. The third-order valence-corrected chi connectivity index (χ3v) is 3.94. The van der Waals surface area contributed by atoms with Gasteiger partial charge in [-0.15, -0.1) is 24.0 Å². The summed E-state index contributed by atoms with van der Waals surface area (Å²) in [6, 6.07) is 4.81. The van der Waals surface area contributed by atoms with E-state index < -0.39 is 0 Å². The Kier molecular flexibility index (Phi) is 7.37. The number of fused-ring (bicyclic) bond motifs is 1. The van der Waals surface area contributed by atoms with E-state index in [1.54, 1.807) is 4.68 Å². The van der Waals surface area contributed by atoms with Gasteiger partial charge in [0.1, 0.15) is 24.5 Å². The molecule has 0 bridgehead atoms. The maximum atomic E-state index is 13.3. The normalized spacial score (nSPS) is 11.4. The quantitative estimate of drug-likeness (QED) is 0.293. The molecule has 0 aliphatic carbocycles. The van der Waals surface area contributed by atoms with E-state index in [9.17, 15) is 4.39 Å². The molecule has 140 valence electrons. The highest BCUT2D eigenvalue weighted by atomic mass is 127. The predicted molar refractivity (Wildman–Crippen MR) is 111 cm³/mol. The molecule has 2 aromatic heterocycles. The number of aryl methyl sites for hydroxylation is 1. The SMILES string of the molecule is CCNC(=NCc1ncnn1C)NCCc1c[nH]c2cc(F)ccc12.I. The maximum Gasteiger partial charge on any atom is 0.191 e. The number of hydrogen-bond acceptors (Lipinski definition) is 3. The highest BCUT2D eigenvalue weighted by Crippen LogP contribution is 2.19.